The van der Waals surface area contributed by atoms with Gasteiger partial charge in [-0.05, 0) is 39.6 Å². The fourth-order valence-electron chi connectivity index (χ4n) is 2.97. The van der Waals surface area contributed by atoms with Crippen LogP contribution in [0.25, 0.3) is 0 Å². The zero-order valence-electron chi connectivity index (χ0n) is 14.3. The Morgan fingerprint density at radius 1 is 1.23 bits per heavy atom. The van der Waals surface area contributed by atoms with Crippen LogP contribution in [0.2, 0.25) is 0 Å². The van der Waals surface area contributed by atoms with E-state index in [4.69, 9.17) is 14.6 Å². The number of benzene rings is 1. The van der Waals surface area contributed by atoms with E-state index in [0.717, 1.165) is 24.2 Å². The molecule has 1 N–H and O–H groups in total. The summed E-state index contributed by atoms with van der Waals surface area (Å²) in [6, 6.07) is 9.71. The first-order valence-electron chi connectivity index (χ1n) is 8.73. The van der Waals surface area contributed by atoms with Crippen LogP contribution in [0.5, 0.6) is 0 Å². The third-order valence-electron chi connectivity index (χ3n) is 4.62. The normalized spacial score (nSPS) is 21.9. The van der Waals surface area contributed by atoms with Crippen molar-refractivity contribution in [2.45, 2.75) is 31.8 Å². The summed E-state index contributed by atoms with van der Waals surface area (Å²) in [6.45, 7) is 2.02. The molecule has 3 heterocycles. The summed E-state index contributed by atoms with van der Waals surface area (Å²) in [5, 5.41) is 13.3. The topological polar surface area (TPSA) is 58.8 Å². The SMILES string of the molecule is O=C(C1=C[C@H](c2ccsc2)C[C@H](OCc2ccc(CO)cc2)O1)N1CC1. The Morgan fingerprint density at radius 3 is 2.65 bits per heavy atom. The second-order valence-electron chi connectivity index (χ2n) is 6.56. The van der Waals surface area contributed by atoms with Crippen molar-refractivity contribution < 1.29 is 19.4 Å². The van der Waals surface area contributed by atoms with Crippen molar-refractivity contribution in [3.8, 4) is 0 Å². The minimum absolute atomic E-state index is 0.0297. The molecule has 2 atom stereocenters. The maximum Gasteiger partial charge on any atom is 0.288 e. The standard InChI is InChI=1S/C20H21NO4S/c22-11-14-1-3-15(4-2-14)12-24-19-10-17(16-5-8-26-13-16)9-18(25-19)20(23)21-6-7-21/h1-5,8-9,13,17,19,22H,6-7,10-12H2/t17-,19+/m0/s1. The highest BCUT2D eigenvalue weighted by Gasteiger charge is 2.34. The molecule has 5 nitrogen and oxygen atoms in total. The smallest absolute Gasteiger partial charge is 0.288 e. The fraction of sp³-hybridized carbons (Fsp3) is 0.350. The summed E-state index contributed by atoms with van der Waals surface area (Å²) in [4.78, 5) is 14.2. The van der Waals surface area contributed by atoms with Crippen molar-refractivity contribution in [1.29, 1.82) is 0 Å². The number of rotatable bonds is 6. The highest BCUT2D eigenvalue weighted by atomic mass is 32.1. The molecule has 0 aliphatic carbocycles. The second kappa shape index (κ2) is 7.61. The summed E-state index contributed by atoms with van der Waals surface area (Å²) >= 11 is 1.65. The van der Waals surface area contributed by atoms with Crippen LogP contribution in [-0.2, 0) is 27.5 Å². The summed E-state index contributed by atoms with van der Waals surface area (Å²) in [5.41, 5.74) is 3.07. The molecule has 2 aliphatic rings. The van der Waals surface area contributed by atoms with E-state index >= 15 is 0 Å². The molecule has 0 saturated carbocycles. The summed E-state index contributed by atoms with van der Waals surface area (Å²) in [7, 11) is 0. The maximum atomic E-state index is 12.4. The van der Waals surface area contributed by atoms with Gasteiger partial charge >= 0.3 is 0 Å². The number of nitrogens with zero attached hydrogens (tertiary/aromatic N) is 1. The Kier molecular flexibility index (Phi) is 5.06. The number of carbonyl (C=O) groups is 1. The van der Waals surface area contributed by atoms with Crippen molar-refractivity contribution in [2.24, 2.45) is 0 Å². The largest absolute Gasteiger partial charge is 0.459 e. The fourth-order valence-corrected chi connectivity index (χ4v) is 3.69. The molecule has 0 spiro atoms. The number of aliphatic hydroxyl groups excluding tert-OH is 1. The van der Waals surface area contributed by atoms with Gasteiger partial charge in [-0.2, -0.15) is 11.3 Å². The minimum Gasteiger partial charge on any atom is -0.459 e. The first-order chi connectivity index (χ1) is 12.7. The van der Waals surface area contributed by atoms with Crippen LogP contribution in [-0.4, -0.2) is 35.3 Å². The van der Waals surface area contributed by atoms with Crippen molar-refractivity contribution in [2.75, 3.05) is 13.1 Å². The van der Waals surface area contributed by atoms with E-state index in [2.05, 4.69) is 11.4 Å². The van der Waals surface area contributed by atoms with E-state index in [0.29, 0.717) is 18.8 Å². The average Bonchev–Trinajstić information content (AvgIpc) is 3.39. The van der Waals surface area contributed by atoms with E-state index in [1.54, 1.807) is 16.2 Å². The van der Waals surface area contributed by atoms with Crippen LogP contribution in [0.4, 0.5) is 0 Å². The molecule has 4 rings (SSSR count). The van der Waals surface area contributed by atoms with Crippen LogP contribution >= 0.6 is 11.3 Å². The number of hydrogen-bond acceptors (Lipinski definition) is 5. The van der Waals surface area contributed by atoms with E-state index in [1.807, 2.05) is 35.7 Å². The first kappa shape index (κ1) is 17.3. The van der Waals surface area contributed by atoms with E-state index in [1.165, 1.54) is 5.56 Å². The highest BCUT2D eigenvalue weighted by molar-refractivity contribution is 7.08. The second-order valence-corrected chi connectivity index (χ2v) is 7.34. The van der Waals surface area contributed by atoms with E-state index < -0.39 is 6.29 Å². The Hall–Kier alpha value is -2.15. The van der Waals surface area contributed by atoms with Crippen LogP contribution in [0.15, 0.2) is 52.9 Å². The van der Waals surface area contributed by atoms with Gasteiger partial charge in [-0.1, -0.05) is 24.3 Å². The zero-order chi connectivity index (χ0) is 17.9. The zero-order valence-corrected chi connectivity index (χ0v) is 15.2. The average molecular weight is 371 g/mol. The molecule has 0 unspecified atom stereocenters. The van der Waals surface area contributed by atoms with Gasteiger partial charge in [0.25, 0.3) is 5.91 Å². The van der Waals surface area contributed by atoms with Gasteiger partial charge in [-0.3, -0.25) is 4.79 Å². The van der Waals surface area contributed by atoms with Gasteiger partial charge in [-0.25, -0.2) is 0 Å². The lowest BCUT2D eigenvalue weighted by Crippen LogP contribution is -2.29. The van der Waals surface area contributed by atoms with Gasteiger partial charge in [-0.15, -0.1) is 0 Å². The summed E-state index contributed by atoms with van der Waals surface area (Å²) in [5.74, 6) is 0.465. The monoisotopic (exact) mass is 371 g/mol. The van der Waals surface area contributed by atoms with Gasteiger partial charge in [0.05, 0.1) is 13.2 Å². The number of thiophene rings is 1. The van der Waals surface area contributed by atoms with Gasteiger partial charge in [0.2, 0.25) is 6.29 Å². The minimum atomic E-state index is -0.457. The Morgan fingerprint density at radius 2 is 2.00 bits per heavy atom. The molecule has 136 valence electrons. The number of ether oxygens (including phenoxy) is 2. The quantitative estimate of drug-likeness (QED) is 0.793. The lowest BCUT2D eigenvalue weighted by atomic mass is 9.95. The predicted molar refractivity (Wildman–Crippen MR) is 98.4 cm³/mol. The van der Waals surface area contributed by atoms with Crippen molar-refractivity contribution >= 4 is 17.2 Å². The first-order valence-corrected chi connectivity index (χ1v) is 9.67. The van der Waals surface area contributed by atoms with Crippen LogP contribution < -0.4 is 0 Å². The van der Waals surface area contributed by atoms with Gasteiger partial charge in [0, 0.05) is 25.4 Å². The molecule has 26 heavy (non-hydrogen) atoms. The Balaban J connectivity index is 1.45. The number of hydrogen-bond donors (Lipinski definition) is 1. The Labute approximate surface area is 156 Å². The van der Waals surface area contributed by atoms with Crippen molar-refractivity contribution in [3.05, 3.63) is 69.6 Å². The molecule has 2 aliphatic heterocycles. The number of carbonyl (C=O) groups excluding carboxylic acids is 1. The van der Waals surface area contributed by atoms with Crippen molar-refractivity contribution in [1.82, 2.24) is 4.90 Å². The number of allylic oxidation sites excluding steroid dienone is 1. The molecule has 1 fully saturated rings. The van der Waals surface area contributed by atoms with Gasteiger partial charge in [0.15, 0.2) is 5.76 Å². The molecule has 6 heteroatoms. The van der Waals surface area contributed by atoms with Crippen molar-refractivity contribution in [3.63, 3.8) is 0 Å². The molecule has 2 aromatic rings. The molecule has 0 radical (unpaired) electrons. The maximum absolute atomic E-state index is 12.4. The molecule has 1 aromatic carbocycles. The van der Waals surface area contributed by atoms with Gasteiger partial charge < -0.3 is 19.5 Å². The summed E-state index contributed by atoms with van der Waals surface area (Å²) in [6.07, 6.45) is 2.15. The van der Waals surface area contributed by atoms with E-state index in [-0.39, 0.29) is 18.4 Å². The molecule has 0 bridgehead atoms. The molecular weight excluding hydrogens is 350 g/mol. The van der Waals surface area contributed by atoms with Crippen LogP contribution in [0.3, 0.4) is 0 Å². The molecule has 1 aromatic heterocycles. The van der Waals surface area contributed by atoms with Crippen LogP contribution in [0.1, 0.15) is 29.0 Å². The lowest BCUT2D eigenvalue weighted by molar-refractivity contribution is -0.152. The predicted octanol–water partition coefficient (Wildman–Crippen LogP) is 3.01. The lowest BCUT2D eigenvalue weighted by Gasteiger charge is -2.29. The molecular formula is C20H21NO4S. The molecule has 1 amide bonds. The third-order valence-corrected chi connectivity index (χ3v) is 5.32. The number of amides is 1. The highest BCUT2D eigenvalue weighted by Crippen LogP contribution is 2.34. The summed E-state index contributed by atoms with van der Waals surface area (Å²) < 4.78 is 11.8. The van der Waals surface area contributed by atoms with Gasteiger partial charge in [0.1, 0.15) is 0 Å². The Bertz CT molecular complexity index is 781. The molecule has 1 saturated heterocycles. The van der Waals surface area contributed by atoms with Crippen LogP contribution in [0, 0.1) is 0 Å². The third kappa shape index (κ3) is 3.98. The van der Waals surface area contributed by atoms with E-state index in [9.17, 15) is 4.79 Å². The number of aliphatic hydroxyl groups is 1.